The molecule has 0 saturated carbocycles. The lowest BCUT2D eigenvalue weighted by molar-refractivity contribution is -0.133. The number of aromatic nitrogens is 2. The first-order valence-corrected chi connectivity index (χ1v) is 8.97. The van der Waals surface area contributed by atoms with Crippen molar-refractivity contribution in [1.82, 2.24) is 14.5 Å². The van der Waals surface area contributed by atoms with Gasteiger partial charge in [-0.15, -0.1) is 0 Å². The molecule has 3 rings (SSSR count). The Morgan fingerprint density at radius 3 is 2.77 bits per heavy atom. The molecule has 1 amide bonds. The molecule has 0 radical (unpaired) electrons. The predicted molar refractivity (Wildman–Crippen MR) is 98.0 cm³/mol. The molecule has 1 fully saturated rings. The summed E-state index contributed by atoms with van der Waals surface area (Å²) in [6, 6.07) is 7.17. The van der Waals surface area contributed by atoms with Crippen LogP contribution in [0.4, 0.5) is 0 Å². The fraction of sp³-hybridized carbons (Fsp3) is 0.526. The molecule has 0 aliphatic carbocycles. The lowest BCUT2D eigenvalue weighted by Crippen LogP contribution is -2.42. The van der Waals surface area contributed by atoms with Crippen LogP contribution in [0.2, 0.25) is 0 Å². The fourth-order valence-electron chi connectivity index (χ4n) is 3.21. The van der Waals surface area contributed by atoms with Crippen molar-refractivity contribution in [1.29, 1.82) is 0 Å². The number of methoxy groups -OCH3 is 1. The Morgan fingerprint density at radius 2 is 2.00 bits per heavy atom. The Kier molecular flexibility index (Phi) is 6.35. The van der Waals surface area contributed by atoms with Crippen LogP contribution in [0.15, 0.2) is 35.4 Å². The van der Waals surface area contributed by atoms with Crippen LogP contribution in [0.1, 0.15) is 12.8 Å². The Balaban J connectivity index is 1.53. The van der Waals surface area contributed by atoms with Crippen LogP contribution >= 0.6 is 0 Å². The maximum atomic E-state index is 12.6. The van der Waals surface area contributed by atoms with Gasteiger partial charge in [-0.1, -0.05) is 12.1 Å². The van der Waals surface area contributed by atoms with Gasteiger partial charge in [0, 0.05) is 26.8 Å². The average Bonchev–Trinajstić information content (AvgIpc) is 2.68. The Bertz CT molecular complexity index is 797. The number of benzene rings is 1. The fourth-order valence-corrected chi connectivity index (χ4v) is 3.21. The maximum Gasteiger partial charge on any atom is 0.261 e. The third kappa shape index (κ3) is 4.47. The summed E-state index contributed by atoms with van der Waals surface area (Å²) in [7, 11) is 1.66. The molecule has 0 bridgehead atoms. The van der Waals surface area contributed by atoms with Crippen LogP contribution in [0.3, 0.4) is 0 Å². The Hall–Kier alpha value is -2.25. The zero-order valence-electron chi connectivity index (χ0n) is 15.1. The van der Waals surface area contributed by atoms with E-state index < -0.39 is 0 Å². The smallest absolute Gasteiger partial charge is 0.261 e. The lowest BCUT2D eigenvalue weighted by atomic mass is 9.98. The standard InChI is InChI=1S/C19H25N3O4/c1-25-10-11-26-13-15-6-8-21(9-7-15)18(23)12-22-14-20-17-5-3-2-4-16(17)19(22)24/h2-5,14-15H,6-13H2,1H3. The third-order valence-corrected chi connectivity index (χ3v) is 4.79. The number of hydrogen-bond donors (Lipinski definition) is 0. The van der Waals surface area contributed by atoms with Crippen molar-refractivity contribution >= 4 is 16.8 Å². The van der Waals surface area contributed by atoms with Gasteiger partial charge in [0.05, 0.1) is 30.4 Å². The number of hydrogen-bond acceptors (Lipinski definition) is 5. The van der Waals surface area contributed by atoms with Gasteiger partial charge in [0.1, 0.15) is 6.54 Å². The number of carbonyl (C=O) groups is 1. The maximum absolute atomic E-state index is 12.6. The quantitative estimate of drug-likeness (QED) is 0.697. The molecular formula is C19H25N3O4. The number of carbonyl (C=O) groups excluding carboxylic acids is 1. The van der Waals surface area contributed by atoms with Gasteiger partial charge in [-0.2, -0.15) is 0 Å². The molecule has 0 unspecified atom stereocenters. The minimum absolute atomic E-state index is 0.0334. The largest absolute Gasteiger partial charge is 0.382 e. The number of nitrogens with zero attached hydrogens (tertiary/aromatic N) is 3. The van der Waals surface area contributed by atoms with Crippen LogP contribution in [0, 0.1) is 5.92 Å². The molecule has 1 aromatic carbocycles. The molecule has 1 aliphatic rings. The average molecular weight is 359 g/mol. The van der Waals surface area contributed by atoms with E-state index in [9.17, 15) is 9.59 Å². The molecule has 2 aromatic rings. The Morgan fingerprint density at radius 1 is 1.23 bits per heavy atom. The second-order valence-corrected chi connectivity index (χ2v) is 6.59. The summed E-state index contributed by atoms with van der Waals surface area (Å²) >= 11 is 0. The van der Waals surface area contributed by atoms with E-state index >= 15 is 0 Å². The number of amides is 1. The highest BCUT2D eigenvalue weighted by molar-refractivity contribution is 5.79. The minimum Gasteiger partial charge on any atom is -0.382 e. The number of likely N-dealkylation sites (tertiary alicyclic amines) is 1. The van der Waals surface area contributed by atoms with Crippen LogP contribution in [-0.4, -0.2) is 60.4 Å². The van der Waals surface area contributed by atoms with Gasteiger partial charge in [0.25, 0.3) is 5.56 Å². The van der Waals surface area contributed by atoms with Gasteiger partial charge in [-0.25, -0.2) is 4.98 Å². The van der Waals surface area contributed by atoms with Gasteiger partial charge in [-0.05, 0) is 30.9 Å². The summed E-state index contributed by atoms with van der Waals surface area (Å²) in [5.41, 5.74) is 0.473. The van der Waals surface area contributed by atoms with Crippen molar-refractivity contribution in [3.8, 4) is 0 Å². The topological polar surface area (TPSA) is 73.7 Å². The summed E-state index contributed by atoms with van der Waals surface area (Å²) in [6.45, 7) is 3.35. The molecule has 0 spiro atoms. The highest BCUT2D eigenvalue weighted by Crippen LogP contribution is 2.18. The van der Waals surface area contributed by atoms with Gasteiger partial charge in [0.15, 0.2) is 0 Å². The van der Waals surface area contributed by atoms with Gasteiger partial charge in [0.2, 0.25) is 5.91 Å². The molecule has 0 atom stereocenters. The Labute approximate surface area is 152 Å². The molecule has 1 saturated heterocycles. The molecule has 0 N–H and O–H groups in total. The van der Waals surface area contributed by atoms with Gasteiger partial charge >= 0.3 is 0 Å². The molecule has 7 nitrogen and oxygen atoms in total. The van der Waals surface area contributed by atoms with E-state index in [0.717, 1.165) is 12.8 Å². The third-order valence-electron chi connectivity index (χ3n) is 4.79. The van der Waals surface area contributed by atoms with E-state index in [1.54, 1.807) is 25.3 Å². The van der Waals surface area contributed by atoms with Crippen molar-refractivity contribution in [3.63, 3.8) is 0 Å². The summed E-state index contributed by atoms with van der Waals surface area (Å²) in [4.78, 5) is 31.1. The van der Waals surface area contributed by atoms with Gasteiger partial charge < -0.3 is 14.4 Å². The first kappa shape index (κ1) is 18.5. The van der Waals surface area contributed by atoms with E-state index in [-0.39, 0.29) is 18.0 Å². The lowest BCUT2D eigenvalue weighted by Gasteiger charge is -2.32. The predicted octanol–water partition coefficient (Wildman–Crippen LogP) is 1.30. The van der Waals surface area contributed by atoms with Crippen LogP contribution in [0.5, 0.6) is 0 Å². The van der Waals surface area contributed by atoms with Crippen LogP contribution in [-0.2, 0) is 20.8 Å². The van der Waals surface area contributed by atoms with Crippen molar-refractivity contribution in [2.45, 2.75) is 19.4 Å². The first-order valence-electron chi connectivity index (χ1n) is 8.97. The number of ether oxygens (including phenoxy) is 2. The SMILES string of the molecule is COCCOCC1CCN(C(=O)Cn2cnc3ccccc3c2=O)CC1. The highest BCUT2D eigenvalue weighted by atomic mass is 16.5. The monoisotopic (exact) mass is 359 g/mol. The van der Waals surface area contributed by atoms with Crippen molar-refractivity contribution < 1.29 is 14.3 Å². The van der Waals surface area contributed by atoms with Gasteiger partial charge in [-0.3, -0.25) is 14.2 Å². The molecule has 1 aromatic heterocycles. The number of fused-ring (bicyclic) bond motifs is 1. The molecule has 140 valence electrons. The zero-order chi connectivity index (χ0) is 18.4. The van der Waals surface area contributed by atoms with Crippen LogP contribution in [0.25, 0.3) is 10.9 Å². The minimum atomic E-state index is -0.176. The molecule has 26 heavy (non-hydrogen) atoms. The second kappa shape index (κ2) is 8.91. The van der Waals surface area contributed by atoms with E-state index in [1.807, 2.05) is 11.0 Å². The second-order valence-electron chi connectivity index (χ2n) is 6.59. The number of rotatable bonds is 7. The molecule has 1 aliphatic heterocycles. The van der Waals surface area contributed by atoms with Crippen molar-refractivity contribution in [2.24, 2.45) is 5.92 Å². The van der Waals surface area contributed by atoms with Crippen LogP contribution < -0.4 is 5.56 Å². The first-order chi connectivity index (χ1) is 12.7. The molecule has 2 heterocycles. The normalized spacial score (nSPS) is 15.5. The molecule has 7 heteroatoms. The van der Waals surface area contributed by atoms with E-state index in [0.29, 0.717) is 49.7 Å². The summed E-state index contributed by atoms with van der Waals surface area (Å²) in [5, 5.41) is 0.537. The van der Waals surface area contributed by atoms with E-state index in [4.69, 9.17) is 9.47 Å². The van der Waals surface area contributed by atoms with E-state index in [1.165, 1.54) is 10.9 Å². The van der Waals surface area contributed by atoms with E-state index in [2.05, 4.69) is 4.98 Å². The number of piperidine rings is 1. The summed E-state index contributed by atoms with van der Waals surface area (Å²) in [6.07, 6.45) is 3.30. The molecular weight excluding hydrogens is 334 g/mol. The summed E-state index contributed by atoms with van der Waals surface area (Å²) in [5.74, 6) is 0.434. The van der Waals surface area contributed by atoms with Crippen molar-refractivity contribution in [3.05, 3.63) is 40.9 Å². The zero-order valence-corrected chi connectivity index (χ0v) is 15.1. The summed E-state index contributed by atoms with van der Waals surface area (Å²) < 4.78 is 11.9. The number of para-hydroxylation sites is 1. The highest BCUT2D eigenvalue weighted by Gasteiger charge is 2.23. The van der Waals surface area contributed by atoms with Crippen molar-refractivity contribution in [2.75, 3.05) is 40.0 Å².